The molecule has 1 atom stereocenters. The maximum absolute atomic E-state index is 12.2. The normalized spacial score (nSPS) is 18.1. The van der Waals surface area contributed by atoms with Crippen molar-refractivity contribution in [3.63, 3.8) is 0 Å². The summed E-state index contributed by atoms with van der Waals surface area (Å²) in [6.07, 6.45) is 4.51. The van der Waals surface area contributed by atoms with Crippen molar-refractivity contribution in [2.24, 2.45) is 0 Å². The first kappa shape index (κ1) is 13.6. The number of hydrogen-bond donors (Lipinski definition) is 0. The number of pyridine rings is 1. The van der Waals surface area contributed by atoms with E-state index in [-0.39, 0.29) is 17.4 Å². The van der Waals surface area contributed by atoms with Crippen LogP contribution in [0.1, 0.15) is 24.5 Å². The Kier molecular flexibility index (Phi) is 3.85. The maximum atomic E-state index is 12.2. The van der Waals surface area contributed by atoms with Crippen molar-refractivity contribution in [1.82, 2.24) is 14.6 Å². The van der Waals surface area contributed by atoms with Crippen LogP contribution in [0.3, 0.4) is 0 Å². The lowest BCUT2D eigenvalue weighted by Crippen LogP contribution is -2.30. The lowest BCUT2D eigenvalue weighted by molar-refractivity contribution is -0.130. The zero-order valence-electron chi connectivity index (χ0n) is 11.6. The van der Waals surface area contributed by atoms with E-state index in [9.17, 15) is 9.59 Å². The molecule has 2 aromatic rings. The van der Waals surface area contributed by atoms with Crippen LogP contribution in [0, 0.1) is 0 Å². The molecule has 0 saturated carbocycles. The molecule has 0 aliphatic carbocycles. The first-order valence-electron chi connectivity index (χ1n) is 7.07. The van der Waals surface area contributed by atoms with Gasteiger partial charge < -0.3 is 14.0 Å². The van der Waals surface area contributed by atoms with Gasteiger partial charge in [0.15, 0.2) is 0 Å². The fraction of sp³-hybridized carbons (Fsp3) is 0.400. The van der Waals surface area contributed by atoms with Gasteiger partial charge in [0, 0.05) is 50.3 Å². The van der Waals surface area contributed by atoms with Crippen LogP contribution in [0.4, 0.5) is 0 Å². The average molecular weight is 287 g/mol. The quantitative estimate of drug-likeness (QED) is 0.848. The lowest BCUT2D eigenvalue weighted by atomic mass is 10.1. The summed E-state index contributed by atoms with van der Waals surface area (Å²) in [5, 5.41) is 3.94. The summed E-state index contributed by atoms with van der Waals surface area (Å²) >= 11 is 0. The minimum atomic E-state index is -0.0767. The Morgan fingerprint density at radius 2 is 2.29 bits per heavy atom. The molecule has 2 aromatic heterocycles. The largest absolute Gasteiger partial charge is 0.365 e. The number of carbonyl (C=O) groups is 1. The van der Waals surface area contributed by atoms with E-state index in [1.807, 2.05) is 11.0 Å². The Balaban J connectivity index is 1.55. The predicted molar refractivity (Wildman–Crippen MR) is 75.8 cm³/mol. The van der Waals surface area contributed by atoms with Crippen molar-refractivity contribution in [2.45, 2.75) is 25.3 Å². The lowest BCUT2D eigenvalue weighted by Gasteiger charge is -2.16. The zero-order valence-corrected chi connectivity index (χ0v) is 11.6. The molecule has 0 N–H and O–H groups in total. The van der Waals surface area contributed by atoms with Crippen molar-refractivity contribution in [3.05, 3.63) is 52.8 Å². The van der Waals surface area contributed by atoms with Crippen LogP contribution in [-0.2, 0) is 11.3 Å². The van der Waals surface area contributed by atoms with Gasteiger partial charge in [0.25, 0.3) is 5.56 Å². The molecule has 110 valence electrons. The molecular formula is C15H17N3O3. The number of amides is 1. The van der Waals surface area contributed by atoms with E-state index in [0.717, 1.165) is 18.7 Å². The van der Waals surface area contributed by atoms with Gasteiger partial charge in [0.05, 0.1) is 5.69 Å². The summed E-state index contributed by atoms with van der Waals surface area (Å²) in [6.45, 7) is 1.83. The van der Waals surface area contributed by atoms with Crippen molar-refractivity contribution in [3.8, 4) is 0 Å². The molecule has 0 aromatic carbocycles. The summed E-state index contributed by atoms with van der Waals surface area (Å²) in [7, 11) is 0. The third kappa shape index (κ3) is 3.04. The maximum Gasteiger partial charge on any atom is 0.250 e. The number of nitrogens with zero attached hydrogens (tertiary/aromatic N) is 3. The van der Waals surface area contributed by atoms with Gasteiger partial charge in [-0.05, 0) is 12.5 Å². The van der Waals surface area contributed by atoms with Crippen LogP contribution in [0.25, 0.3) is 0 Å². The Bertz CT molecular complexity index is 663. The Labute approximate surface area is 122 Å². The highest BCUT2D eigenvalue weighted by Gasteiger charge is 2.28. The number of aryl methyl sites for hydroxylation is 1. The van der Waals surface area contributed by atoms with E-state index in [4.69, 9.17) is 4.52 Å². The molecule has 0 bridgehead atoms. The second-order valence-corrected chi connectivity index (χ2v) is 5.23. The molecule has 3 heterocycles. The molecule has 0 spiro atoms. The standard InChI is InChI=1S/C15H17N3O3/c19-14-3-1-2-7-17(14)9-5-15(20)18-8-4-12(11-18)13-6-10-21-16-13/h1-3,6-7,10,12H,4-5,8-9,11H2. The summed E-state index contributed by atoms with van der Waals surface area (Å²) in [6, 6.07) is 6.84. The van der Waals surface area contributed by atoms with Crippen LogP contribution in [0.15, 0.2) is 46.0 Å². The monoisotopic (exact) mass is 287 g/mol. The number of aromatic nitrogens is 2. The van der Waals surface area contributed by atoms with Crippen LogP contribution < -0.4 is 5.56 Å². The summed E-state index contributed by atoms with van der Waals surface area (Å²) in [5.41, 5.74) is 0.830. The number of likely N-dealkylation sites (tertiary alicyclic amines) is 1. The Morgan fingerprint density at radius 3 is 3.05 bits per heavy atom. The molecular weight excluding hydrogens is 270 g/mol. The molecule has 0 radical (unpaired) electrons. The summed E-state index contributed by atoms with van der Waals surface area (Å²) in [4.78, 5) is 25.6. The van der Waals surface area contributed by atoms with E-state index in [2.05, 4.69) is 5.16 Å². The van der Waals surface area contributed by atoms with E-state index in [1.165, 1.54) is 6.07 Å². The van der Waals surface area contributed by atoms with E-state index in [0.29, 0.717) is 19.5 Å². The number of rotatable bonds is 4. The third-order valence-corrected chi connectivity index (χ3v) is 3.88. The van der Waals surface area contributed by atoms with Crippen LogP contribution in [0.2, 0.25) is 0 Å². The second-order valence-electron chi connectivity index (χ2n) is 5.23. The third-order valence-electron chi connectivity index (χ3n) is 3.88. The highest BCUT2D eigenvalue weighted by molar-refractivity contribution is 5.76. The van der Waals surface area contributed by atoms with Gasteiger partial charge in [0.1, 0.15) is 6.26 Å². The first-order chi connectivity index (χ1) is 10.2. The number of hydrogen-bond acceptors (Lipinski definition) is 4. The van der Waals surface area contributed by atoms with Gasteiger partial charge in [-0.3, -0.25) is 9.59 Å². The molecule has 3 rings (SSSR count). The molecule has 6 nitrogen and oxygen atoms in total. The molecule has 21 heavy (non-hydrogen) atoms. The molecule has 1 fully saturated rings. The molecule has 6 heteroatoms. The Morgan fingerprint density at radius 1 is 1.38 bits per heavy atom. The minimum absolute atomic E-state index is 0.0767. The fourth-order valence-corrected chi connectivity index (χ4v) is 2.68. The van der Waals surface area contributed by atoms with Crippen molar-refractivity contribution in [1.29, 1.82) is 0 Å². The second kappa shape index (κ2) is 5.95. The van der Waals surface area contributed by atoms with Crippen molar-refractivity contribution in [2.75, 3.05) is 13.1 Å². The highest BCUT2D eigenvalue weighted by Crippen LogP contribution is 2.26. The molecule has 1 saturated heterocycles. The van der Waals surface area contributed by atoms with Crippen molar-refractivity contribution >= 4 is 5.91 Å². The van der Waals surface area contributed by atoms with Crippen LogP contribution >= 0.6 is 0 Å². The summed E-state index contributed by atoms with van der Waals surface area (Å²) < 4.78 is 6.41. The molecule has 1 aliphatic rings. The Hall–Kier alpha value is -2.37. The molecule has 1 amide bonds. The average Bonchev–Trinajstić information content (AvgIpc) is 3.16. The zero-order chi connectivity index (χ0) is 14.7. The first-order valence-corrected chi connectivity index (χ1v) is 7.07. The van der Waals surface area contributed by atoms with Crippen LogP contribution in [-0.4, -0.2) is 33.6 Å². The smallest absolute Gasteiger partial charge is 0.250 e. The predicted octanol–water partition coefficient (Wildman–Crippen LogP) is 1.24. The van der Waals surface area contributed by atoms with Crippen molar-refractivity contribution < 1.29 is 9.32 Å². The van der Waals surface area contributed by atoms with Gasteiger partial charge in [-0.25, -0.2) is 0 Å². The SMILES string of the molecule is O=C(CCn1ccccc1=O)N1CCC(c2ccon2)C1. The van der Waals surface area contributed by atoms with Gasteiger partial charge in [0.2, 0.25) is 5.91 Å². The van der Waals surface area contributed by atoms with E-state index >= 15 is 0 Å². The summed E-state index contributed by atoms with van der Waals surface area (Å²) in [5.74, 6) is 0.337. The van der Waals surface area contributed by atoms with Gasteiger partial charge in [-0.1, -0.05) is 11.2 Å². The van der Waals surface area contributed by atoms with Gasteiger partial charge >= 0.3 is 0 Å². The van der Waals surface area contributed by atoms with Gasteiger partial charge in [-0.15, -0.1) is 0 Å². The van der Waals surface area contributed by atoms with Crippen LogP contribution in [0.5, 0.6) is 0 Å². The van der Waals surface area contributed by atoms with Gasteiger partial charge in [-0.2, -0.15) is 0 Å². The fourth-order valence-electron chi connectivity index (χ4n) is 2.68. The molecule has 1 unspecified atom stereocenters. The molecule has 1 aliphatic heterocycles. The number of carbonyl (C=O) groups excluding carboxylic acids is 1. The topological polar surface area (TPSA) is 68.3 Å². The van der Waals surface area contributed by atoms with E-state index in [1.54, 1.807) is 29.2 Å². The highest BCUT2D eigenvalue weighted by atomic mass is 16.5. The minimum Gasteiger partial charge on any atom is -0.365 e. The van der Waals surface area contributed by atoms with E-state index < -0.39 is 0 Å².